The quantitative estimate of drug-likeness (QED) is 0.855. The molecule has 0 N–H and O–H groups in total. The molecule has 0 unspecified atom stereocenters. The first-order chi connectivity index (χ1) is 7.47. The first-order valence-corrected chi connectivity index (χ1v) is 7.89. The molecule has 0 bridgehead atoms. The number of pyridine rings is 1. The lowest BCUT2D eigenvalue weighted by molar-refractivity contribution is 0.604. The topological polar surface area (TPSA) is 47.0 Å². The van der Waals surface area contributed by atoms with Crippen LogP contribution in [-0.4, -0.2) is 19.7 Å². The van der Waals surface area contributed by atoms with Gasteiger partial charge in [0, 0.05) is 16.9 Å². The predicted octanol–water partition coefficient (Wildman–Crippen LogP) is 2.98. The van der Waals surface area contributed by atoms with Crippen molar-refractivity contribution >= 4 is 37.1 Å². The van der Waals surface area contributed by atoms with Gasteiger partial charge in [-0.3, -0.25) is 4.98 Å². The van der Waals surface area contributed by atoms with Crippen LogP contribution in [0.3, 0.4) is 0 Å². The highest BCUT2D eigenvalue weighted by Crippen LogP contribution is 2.29. The molecule has 0 amide bonds. The molecule has 0 radical (unpaired) electrons. The molecule has 0 saturated heterocycles. The Labute approximate surface area is 106 Å². The highest BCUT2D eigenvalue weighted by atomic mass is 79.9. The highest BCUT2D eigenvalue weighted by molar-refractivity contribution is 9.10. The molecule has 6 heteroatoms. The van der Waals surface area contributed by atoms with Gasteiger partial charge in [0.05, 0.1) is 10.6 Å². The van der Waals surface area contributed by atoms with Crippen LogP contribution in [0.1, 0.15) is 0 Å². The van der Waals surface area contributed by atoms with Gasteiger partial charge in [-0.05, 0) is 40.2 Å². The standard InChI is InChI=1S/C10H8BrNO2S2/c1-16(13,14)10-5-4-9(15-10)8-3-2-7(11)6-12-8/h2-6H,1H3. The van der Waals surface area contributed by atoms with Gasteiger partial charge in [-0.2, -0.15) is 0 Å². The number of sulfone groups is 1. The predicted molar refractivity (Wildman–Crippen MR) is 68.4 cm³/mol. The Morgan fingerprint density at radius 3 is 2.50 bits per heavy atom. The minimum absolute atomic E-state index is 0.368. The third kappa shape index (κ3) is 2.50. The smallest absolute Gasteiger partial charge is 0.184 e. The minimum Gasteiger partial charge on any atom is -0.254 e. The molecule has 2 aromatic heterocycles. The summed E-state index contributed by atoms with van der Waals surface area (Å²) in [4.78, 5) is 5.07. The van der Waals surface area contributed by atoms with Gasteiger partial charge in [0.15, 0.2) is 9.84 Å². The maximum atomic E-state index is 11.3. The SMILES string of the molecule is CS(=O)(=O)c1ccc(-c2ccc(Br)cn2)s1. The fourth-order valence-corrected chi connectivity index (χ4v) is 3.32. The molecule has 0 aromatic carbocycles. The molecule has 84 valence electrons. The van der Waals surface area contributed by atoms with Crippen LogP contribution in [-0.2, 0) is 9.84 Å². The molecular weight excluding hydrogens is 310 g/mol. The van der Waals surface area contributed by atoms with Crippen molar-refractivity contribution in [3.8, 4) is 10.6 Å². The van der Waals surface area contributed by atoms with Crippen LogP contribution in [0.15, 0.2) is 39.1 Å². The Hall–Kier alpha value is -0.720. The third-order valence-electron chi connectivity index (χ3n) is 1.93. The molecule has 0 aliphatic carbocycles. The van der Waals surface area contributed by atoms with Crippen molar-refractivity contribution in [3.05, 3.63) is 34.9 Å². The maximum absolute atomic E-state index is 11.3. The number of aromatic nitrogens is 1. The average Bonchev–Trinajstić information content (AvgIpc) is 2.67. The van der Waals surface area contributed by atoms with Crippen LogP contribution in [0.5, 0.6) is 0 Å². The molecule has 0 aliphatic rings. The molecule has 3 nitrogen and oxygen atoms in total. The van der Waals surface area contributed by atoms with E-state index in [1.807, 2.05) is 12.1 Å². The van der Waals surface area contributed by atoms with Gasteiger partial charge in [-0.25, -0.2) is 8.42 Å². The number of rotatable bonds is 2. The van der Waals surface area contributed by atoms with Gasteiger partial charge in [-0.1, -0.05) is 0 Å². The summed E-state index contributed by atoms with van der Waals surface area (Å²) < 4.78 is 23.9. The second kappa shape index (κ2) is 4.27. The first kappa shape index (κ1) is 11.8. The van der Waals surface area contributed by atoms with Crippen LogP contribution in [0, 0.1) is 0 Å². The van der Waals surface area contributed by atoms with Crippen LogP contribution >= 0.6 is 27.3 Å². The molecule has 16 heavy (non-hydrogen) atoms. The summed E-state index contributed by atoms with van der Waals surface area (Å²) in [5.74, 6) is 0. The van der Waals surface area contributed by atoms with E-state index < -0.39 is 9.84 Å². The number of hydrogen-bond acceptors (Lipinski definition) is 4. The van der Waals surface area contributed by atoms with Gasteiger partial charge >= 0.3 is 0 Å². The van der Waals surface area contributed by atoms with E-state index in [0.29, 0.717) is 4.21 Å². The van der Waals surface area contributed by atoms with Gasteiger partial charge in [0.1, 0.15) is 4.21 Å². The first-order valence-electron chi connectivity index (χ1n) is 4.38. The van der Waals surface area contributed by atoms with Crippen molar-refractivity contribution in [1.82, 2.24) is 4.98 Å². The number of nitrogens with zero attached hydrogens (tertiary/aromatic N) is 1. The summed E-state index contributed by atoms with van der Waals surface area (Å²) in [6, 6.07) is 7.11. The fourth-order valence-electron chi connectivity index (χ4n) is 1.18. The summed E-state index contributed by atoms with van der Waals surface area (Å²) in [5.41, 5.74) is 0.781. The maximum Gasteiger partial charge on any atom is 0.184 e. The lowest BCUT2D eigenvalue weighted by atomic mass is 10.3. The highest BCUT2D eigenvalue weighted by Gasteiger charge is 2.11. The van der Waals surface area contributed by atoms with Crippen LogP contribution in [0.25, 0.3) is 10.6 Å². The lowest BCUT2D eigenvalue weighted by Crippen LogP contribution is -1.91. The zero-order chi connectivity index (χ0) is 11.8. The zero-order valence-corrected chi connectivity index (χ0v) is 11.6. The molecule has 2 aromatic rings. The van der Waals surface area contributed by atoms with E-state index >= 15 is 0 Å². The van der Waals surface area contributed by atoms with E-state index in [9.17, 15) is 8.42 Å². The van der Waals surface area contributed by atoms with Gasteiger partial charge in [0.25, 0.3) is 0 Å². The van der Waals surface area contributed by atoms with Gasteiger partial charge < -0.3 is 0 Å². The van der Waals surface area contributed by atoms with E-state index in [0.717, 1.165) is 15.0 Å². The van der Waals surface area contributed by atoms with Gasteiger partial charge in [0.2, 0.25) is 0 Å². The molecule has 2 heterocycles. The largest absolute Gasteiger partial charge is 0.254 e. The number of halogens is 1. The second-order valence-electron chi connectivity index (χ2n) is 3.25. The van der Waals surface area contributed by atoms with E-state index in [1.54, 1.807) is 18.3 Å². The monoisotopic (exact) mass is 317 g/mol. The van der Waals surface area contributed by atoms with E-state index in [2.05, 4.69) is 20.9 Å². The molecule has 0 spiro atoms. The van der Waals surface area contributed by atoms with Crippen molar-refractivity contribution < 1.29 is 8.42 Å². The summed E-state index contributed by atoms with van der Waals surface area (Å²) in [7, 11) is -3.12. The Kier molecular flexibility index (Phi) is 3.14. The molecule has 0 atom stereocenters. The van der Waals surface area contributed by atoms with Crippen molar-refractivity contribution in [2.45, 2.75) is 4.21 Å². The number of thiophene rings is 1. The molecule has 2 rings (SSSR count). The Bertz CT molecular complexity index is 602. The van der Waals surface area contributed by atoms with Crippen molar-refractivity contribution in [3.63, 3.8) is 0 Å². The summed E-state index contributed by atoms with van der Waals surface area (Å²) in [6.45, 7) is 0. The number of hydrogen-bond donors (Lipinski definition) is 0. The Morgan fingerprint density at radius 1 is 1.25 bits per heavy atom. The third-order valence-corrected chi connectivity index (χ3v) is 5.32. The molecule has 0 saturated carbocycles. The van der Waals surface area contributed by atoms with Crippen molar-refractivity contribution in [1.29, 1.82) is 0 Å². The van der Waals surface area contributed by atoms with Crippen molar-refractivity contribution in [2.24, 2.45) is 0 Å². The van der Waals surface area contributed by atoms with Crippen LogP contribution in [0.2, 0.25) is 0 Å². The molecule has 0 aliphatic heterocycles. The normalized spacial score (nSPS) is 11.6. The molecule has 0 fully saturated rings. The summed E-state index contributed by atoms with van der Waals surface area (Å²) in [5, 5.41) is 0. The van der Waals surface area contributed by atoms with E-state index in [-0.39, 0.29) is 0 Å². The zero-order valence-electron chi connectivity index (χ0n) is 8.34. The lowest BCUT2D eigenvalue weighted by Gasteiger charge is -1.95. The van der Waals surface area contributed by atoms with E-state index in [1.165, 1.54) is 17.6 Å². The Balaban J connectivity index is 2.43. The summed E-state index contributed by atoms with van der Waals surface area (Å²) >= 11 is 4.53. The van der Waals surface area contributed by atoms with Crippen LogP contribution in [0.4, 0.5) is 0 Å². The average molecular weight is 318 g/mol. The van der Waals surface area contributed by atoms with Gasteiger partial charge in [-0.15, -0.1) is 11.3 Å². The summed E-state index contributed by atoms with van der Waals surface area (Å²) in [6.07, 6.45) is 2.90. The van der Waals surface area contributed by atoms with Crippen LogP contribution < -0.4 is 0 Å². The minimum atomic E-state index is -3.12. The van der Waals surface area contributed by atoms with Crippen molar-refractivity contribution in [2.75, 3.05) is 6.26 Å². The fraction of sp³-hybridized carbons (Fsp3) is 0.100. The Morgan fingerprint density at radius 2 is 2.00 bits per heavy atom. The second-order valence-corrected chi connectivity index (χ2v) is 7.49. The molecular formula is C10H8BrNO2S2. The van der Waals surface area contributed by atoms with E-state index in [4.69, 9.17) is 0 Å².